The van der Waals surface area contributed by atoms with Crippen molar-refractivity contribution in [3.8, 4) is 0 Å². The van der Waals surface area contributed by atoms with Crippen LogP contribution in [0.2, 0.25) is 0 Å². The fourth-order valence-corrected chi connectivity index (χ4v) is 2.87. The van der Waals surface area contributed by atoms with Crippen molar-refractivity contribution in [1.29, 1.82) is 0 Å². The van der Waals surface area contributed by atoms with Crippen molar-refractivity contribution in [3.63, 3.8) is 0 Å². The van der Waals surface area contributed by atoms with E-state index in [1.165, 1.54) is 0 Å². The van der Waals surface area contributed by atoms with Crippen LogP contribution in [0.15, 0.2) is 0 Å². The molecule has 2 aliphatic rings. The minimum atomic E-state index is -0.257. The summed E-state index contributed by atoms with van der Waals surface area (Å²) in [6.45, 7) is 5.23. The van der Waals surface area contributed by atoms with E-state index in [9.17, 15) is 9.59 Å². The largest absolute Gasteiger partial charge is 0.353 e. The van der Waals surface area contributed by atoms with E-state index >= 15 is 0 Å². The van der Waals surface area contributed by atoms with Crippen molar-refractivity contribution >= 4 is 11.8 Å². The van der Waals surface area contributed by atoms with Crippen LogP contribution in [0.4, 0.5) is 0 Å². The smallest absolute Gasteiger partial charge is 0.242 e. The van der Waals surface area contributed by atoms with E-state index in [4.69, 9.17) is 0 Å². The Labute approximate surface area is 108 Å². The number of carbonyl (C=O) groups is 2. The van der Waals surface area contributed by atoms with Crippen LogP contribution < -0.4 is 10.6 Å². The number of piperidine rings is 1. The van der Waals surface area contributed by atoms with Crippen LogP contribution in [-0.4, -0.2) is 48.9 Å². The molecule has 0 radical (unpaired) electrons. The van der Waals surface area contributed by atoms with Crippen LogP contribution in [0.5, 0.6) is 0 Å². The van der Waals surface area contributed by atoms with Gasteiger partial charge in [-0.2, -0.15) is 0 Å². The molecule has 18 heavy (non-hydrogen) atoms. The summed E-state index contributed by atoms with van der Waals surface area (Å²) in [6, 6.07) is -0.257. The second-order valence-corrected chi connectivity index (χ2v) is 5.20. The normalized spacial score (nSPS) is 25.9. The molecule has 0 bridgehead atoms. The van der Waals surface area contributed by atoms with Gasteiger partial charge < -0.3 is 15.5 Å². The van der Waals surface area contributed by atoms with Gasteiger partial charge in [-0.1, -0.05) is 6.92 Å². The molecule has 2 amide bonds. The number of nitrogens with zero attached hydrogens (tertiary/aromatic N) is 1. The Kier molecular flexibility index (Phi) is 4.58. The third-order valence-corrected chi connectivity index (χ3v) is 3.96. The number of hydrogen-bond donors (Lipinski definition) is 2. The molecule has 102 valence electrons. The van der Waals surface area contributed by atoms with Crippen molar-refractivity contribution in [2.24, 2.45) is 5.92 Å². The van der Waals surface area contributed by atoms with Gasteiger partial charge in [0, 0.05) is 19.5 Å². The zero-order valence-corrected chi connectivity index (χ0v) is 11.1. The van der Waals surface area contributed by atoms with Crippen molar-refractivity contribution < 1.29 is 9.59 Å². The maximum atomic E-state index is 12.3. The first kappa shape index (κ1) is 13.3. The molecular formula is C13H23N3O2. The number of carbonyl (C=O) groups excluding carboxylic acids is 2. The van der Waals surface area contributed by atoms with E-state index in [0.29, 0.717) is 31.8 Å². The Bertz CT molecular complexity index is 313. The third kappa shape index (κ3) is 3.02. The number of nitrogens with one attached hydrogen (secondary N) is 2. The molecule has 0 aromatic carbocycles. The average molecular weight is 253 g/mol. The standard InChI is InChI=1S/C13H23N3O2/c1-2-11-13(18)15-7-8-16(11)12(17)9-10-3-5-14-6-4-10/h10-11,14H,2-9H2,1H3,(H,15,18). The van der Waals surface area contributed by atoms with Gasteiger partial charge in [-0.3, -0.25) is 9.59 Å². The van der Waals surface area contributed by atoms with Crippen LogP contribution in [0.1, 0.15) is 32.6 Å². The second-order valence-electron chi connectivity index (χ2n) is 5.20. The predicted molar refractivity (Wildman–Crippen MR) is 69.0 cm³/mol. The molecule has 0 aliphatic carbocycles. The summed E-state index contributed by atoms with van der Waals surface area (Å²) in [5.74, 6) is 0.646. The number of rotatable bonds is 3. The third-order valence-electron chi connectivity index (χ3n) is 3.96. The molecule has 2 fully saturated rings. The highest BCUT2D eigenvalue weighted by atomic mass is 16.2. The lowest BCUT2D eigenvalue weighted by Gasteiger charge is -2.35. The fraction of sp³-hybridized carbons (Fsp3) is 0.846. The van der Waals surface area contributed by atoms with Gasteiger partial charge in [-0.15, -0.1) is 0 Å². The van der Waals surface area contributed by atoms with Gasteiger partial charge in [0.05, 0.1) is 0 Å². The van der Waals surface area contributed by atoms with E-state index in [1.807, 2.05) is 6.92 Å². The molecule has 5 heteroatoms. The molecule has 0 aromatic heterocycles. The topological polar surface area (TPSA) is 61.4 Å². The molecule has 2 aliphatic heterocycles. The summed E-state index contributed by atoms with van der Waals surface area (Å²) in [5, 5.41) is 6.13. The highest BCUT2D eigenvalue weighted by Gasteiger charge is 2.32. The van der Waals surface area contributed by atoms with Gasteiger partial charge in [0.15, 0.2) is 0 Å². The van der Waals surface area contributed by atoms with E-state index in [0.717, 1.165) is 25.9 Å². The molecule has 2 saturated heterocycles. The summed E-state index contributed by atoms with van der Waals surface area (Å²) < 4.78 is 0. The predicted octanol–water partition coefficient (Wildman–Crippen LogP) is 0.113. The molecule has 1 atom stereocenters. The SMILES string of the molecule is CCC1C(=O)NCCN1C(=O)CC1CCNCC1. The number of piperazine rings is 1. The van der Waals surface area contributed by atoms with Gasteiger partial charge >= 0.3 is 0 Å². The zero-order chi connectivity index (χ0) is 13.0. The van der Waals surface area contributed by atoms with Crippen molar-refractivity contribution in [2.45, 2.75) is 38.6 Å². The first-order valence-electron chi connectivity index (χ1n) is 7.00. The van der Waals surface area contributed by atoms with Crippen LogP contribution in [-0.2, 0) is 9.59 Å². The number of amides is 2. The average Bonchev–Trinajstić information content (AvgIpc) is 2.39. The monoisotopic (exact) mass is 253 g/mol. The summed E-state index contributed by atoms with van der Waals surface area (Å²) in [6.07, 6.45) is 3.44. The van der Waals surface area contributed by atoms with Crippen molar-refractivity contribution in [3.05, 3.63) is 0 Å². The maximum absolute atomic E-state index is 12.3. The van der Waals surface area contributed by atoms with E-state index in [-0.39, 0.29) is 17.9 Å². The van der Waals surface area contributed by atoms with Crippen molar-refractivity contribution in [1.82, 2.24) is 15.5 Å². The minimum Gasteiger partial charge on any atom is -0.353 e. The Hall–Kier alpha value is -1.10. The fourth-order valence-electron chi connectivity index (χ4n) is 2.87. The van der Waals surface area contributed by atoms with Gasteiger partial charge in [0.1, 0.15) is 6.04 Å². The second kappa shape index (κ2) is 6.18. The van der Waals surface area contributed by atoms with E-state index < -0.39 is 0 Å². The van der Waals surface area contributed by atoms with Crippen LogP contribution in [0.25, 0.3) is 0 Å². The molecular weight excluding hydrogens is 230 g/mol. The van der Waals surface area contributed by atoms with Crippen LogP contribution >= 0.6 is 0 Å². The molecule has 1 unspecified atom stereocenters. The zero-order valence-electron chi connectivity index (χ0n) is 11.1. The molecule has 2 N–H and O–H groups in total. The molecule has 0 aromatic rings. The number of hydrogen-bond acceptors (Lipinski definition) is 3. The van der Waals surface area contributed by atoms with Gasteiger partial charge in [-0.05, 0) is 38.3 Å². The Morgan fingerprint density at radius 2 is 2.06 bits per heavy atom. The molecule has 5 nitrogen and oxygen atoms in total. The van der Waals surface area contributed by atoms with E-state index in [1.54, 1.807) is 4.90 Å². The minimum absolute atomic E-state index is 0.00223. The van der Waals surface area contributed by atoms with Gasteiger partial charge in [0.25, 0.3) is 0 Å². The van der Waals surface area contributed by atoms with Gasteiger partial charge in [0.2, 0.25) is 11.8 Å². The molecule has 0 spiro atoms. The Morgan fingerprint density at radius 3 is 2.72 bits per heavy atom. The quantitative estimate of drug-likeness (QED) is 0.750. The highest BCUT2D eigenvalue weighted by molar-refractivity contribution is 5.88. The first-order chi connectivity index (χ1) is 8.72. The van der Waals surface area contributed by atoms with Crippen LogP contribution in [0, 0.1) is 5.92 Å². The summed E-state index contributed by atoms with van der Waals surface area (Å²) >= 11 is 0. The Balaban J connectivity index is 1.91. The highest BCUT2D eigenvalue weighted by Crippen LogP contribution is 2.19. The van der Waals surface area contributed by atoms with Gasteiger partial charge in [-0.25, -0.2) is 0 Å². The van der Waals surface area contributed by atoms with E-state index in [2.05, 4.69) is 10.6 Å². The summed E-state index contributed by atoms with van der Waals surface area (Å²) in [5.41, 5.74) is 0. The molecule has 0 saturated carbocycles. The Morgan fingerprint density at radius 1 is 1.33 bits per heavy atom. The van der Waals surface area contributed by atoms with Crippen LogP contribution in [0.3, 0.4) is 0 Å². The molecule has 2 heterocycles. The lowest BCUT2D eigenvalue weighted by atomic mass is 9.93. The molecule has 2 rings (SSSR count). The first-order valence-corrected chi connectivity index (χ1v) is 7.00. The summed E-state index contributed by atoms with van der Waals surface area (Å²) in [4.78, 5) is 25.8. The van der Waals surface area contributed by atoms with Crippen molar-refractivity contribution in [2.75, 3.05) is 26.2 Å². The summed E-state index contributed by atoms with van der Waals surface area (Å²) in [7, 11) is 0. The maximum Gasteiger partial charge on any atom is 0.242 e. The lowest BCUT2D eigenvalue weighted by molar-refractivity contribution is -0.144. The lowest BCUT2D eigenvalue weighted by Crippen LogP contribution is -2.57.